The van der Waals surface area contributed by atoms with Gasteiger partial charge in [0.05, 0.1) is 25.0 Å². The van der Waals surface area contributed by atoms with Gasteiger partial charge in [0.1, 0.15) is 0 Å². The molecule has 0 aliphatic rings. The first-order valence-electron chi connectivity index (χ1n) is 9.25. The van der Waals surface area contributed by atoms with E-state index >= 15 is 0 Å². The SMILES string of the molecule is CC(=COCCC[Si](C)(O[Si](C)(C)C)O[Si](C)(C)C)C(=O)OCCCO. The zero-order valence-corrected chi connectivity index (χ0v) is 20.8. The standard InChI is InChI=1S/C17H38O6Si3/c1-16(17(19)21-13-9-11-18)15-20-12-10-14-26(8,22-24(2,3)4)23-25(5,6)7/h15,18H,9-14H2,1-8H3. The van der Waals surface area contributed by atoms with Crippen molar-refractivity contribution in [3.8, 4) is 0 Å². The van der Waals surface area contributed by atoms with Gasteiger partial charge in [-0.3, -0.25) is 0 Å². The third kappa shape index (κ3) is 13.7. The summed E-state index contributed by atoms with van der Waals surface area (Å²) in [6, 6.07) is 0.870. The Kier molecular flexibility index (Phi) is 11.2. The Balaban J connectivity index is 4.46. The Hall–Kier alpha value is -0.459. The van der Waals surface area contributed by atoms with Crippen LogP contribution in [0.4, 0.5) is 0 Å². The van der Waals surface area contributed by atoms with Crippen molar-refractivity contribution in [3.05, 3.63) is 11.8 Å². The third-order valence-electron chi connectivity index (χ3n) is 3.05. The molecule has 0 atom stereocenters. The minimum absolute atomic E-state index is 0.00812. The molecule has 0 aromatic carbocycles. The zero-order chi connectivity index (χ0) is 20.4. The van der Waals surface area contributed by atoms with E-state index in [9.17, 15) is 4.79 Å². The van der Waals surface area contributed by atoms with Crippen LogP contribution in [0.25, 0.3) is 0 Å². The quantitative estimate of drug-likeness (QED) is 0.159. The summed E-state index contributed by atoms with van der Waals surface area (Å²) in [5.74, 6) is -0.415. The van der Waals surface area contributed by atoms with Crippen molar-refractivity contribution < 1.29 is 27.6 Å². The number of rotatable bonds is 13. The summed E-state index contributed by atoms with van der Waals surface area (Å²) in [4.78, 5) is 11.7. The molecule has 0 rings (SSSR count). The molecule has 0 unspecified atom stereocenters. The Labute approximate surface area is 162 Å². The predicted molar refractivity (Wildman–Crippen MR) is 112 cm³/mol. The molecular formula is C17H38O6Si3. The van der Waals surface area contributed by atoms with E-state index in [1.807, 2.05) is 0 Å². The van der Waals surface area contributed by atoms with Gasteiger partial charge in [-0.25, -0.2) is 4.79 Å². The number of ether oxygens (including phenoxy) is 2. The largest absolute Gasteiger partial charge is 0.501 e. The molecule has 0 aliphatic heterocycles. The van der Waals surface area contributed by atoms with Crippen LogP contribution in [-0.2, 0) is 22.5 Å². The fourth-order valence-corrected chi connectivity index (χ4v) is 15.0. The molecule has 0 heterocycles. The number of aliphatic hydroxyl groups is 1. The van der Waals surface area contributed by atoms with Crippen molar-refractivity contribution in [2.75, 3.05) is 19.8 Å². The molecular weight excluding hydrogens is 384 g/mol. The molecule has 0 saturated carbocycles. The van der Waals surface area contributed by atoms with Gasteiger partial charge in [0, 0.05) is 13.0 Å². The average molecular weight is 423 g/mol. The molecule has 0 spiro atoms. The second-order valence-electron chi connectivity index (χ2n) is 8.55. The Morgan fingerprint density at radius 3 is 1.92 bits per heavy atom. The zero-order valence-electron chi connectivity index (χ0n) is 17.8. The molecule has 0 amide bonds. The highest BCUT2D eigenvalue weighted by Crippen LogP contribution is 2.25. The van der Waals surface area contributed by atoms with Gasteiger partial charge in [-0.1, -0.05) is 0 Å². The molecule has 1 N–H and O–H groups in total. The van der Waals surface area contributed by atoms with Gasteiger partial charge < -0.3 is 22.8 Å². The summed E-state index contributed by atoms with van der Waals surface area (Å²) in [6.07, 6.45) is 2.71. The van der Waals surface area contributed by atoms with E-state index in [0.29, 0.717) is 18.6 Å². The van der Waals surface area contributed by atoms with Crippen LogP contribution >= 0.6 is 0 Å². The van der Waals surface area contributed by atoms with Crippen LogP contribution in [-0.4, -0.2) is 56.1 Å². The van der Waals surface area contributed by atoms with Crippen molar-refractivity contribution >= 4 is 31.2 Å². The lowest BCUT2D eigenvalue weighted by Gasteiger charge is -2.38. The van der Waals surface area contributed by atoms with Crippen LogP contribution in [0.3, 0.4) is 0 Å². The van der Waals surface area contributed by atoms with Gasteiger partial charge in [-0.05, 0) is 65.2 Å². The first-order chi connectivity index (χ1) is 11.8. The van der Waals surface area contributed by atoms with Crippen LogP contribution in [0, 0.1) is 0 Å². The minimum atomic E-state index is -2.23. The van der Waals surface area contributed by atoms with Gasteiger partial charge in [0.25, 0.3) is 0 Å². The summed E-state index contributed by atoms with van der Waals surface area (Å²) in [6.45, 7) is 17.7. The molecule has 0 saturated heterocycles. The third-order valence-corrected chi connectivity index (χ3v) is 12.7. The lowest BCUT2D eigenvalue weighted by atomic mass is 10.3. The number of hydrogen-bond donors (Lipinski definition) is 1. The second-order valence-corrected chi connectivity index (χ2v) is 21.4. The van der Waals surface area contributed by atoms with Crippen molar-refractivity contribution in [1.29, 1.82) is 0 Å². The van der Waals surface area contributed by atoms with E-state index in [1.54, 1.807) is 6.92 Å². The van der Waals surface area contributed by atoms with Crippen LogP contribution in [0.15, 0.2) is 11.8 Å². The Morgan fingerprint density at radius 2 is 1.46 bits per heavy atom. The Bertz CT molecular complexity index is 438. The number of aliphatic hydroxyl groups excluding tert-OH is 1. The fraction of sp³-hybridized carbons (Fsp3) is 0.824. The molecule has 26 heavy (non-hydrogen) atoms. The highest BCUT2D eigenvalue weighted by atomic mass is 28.5. The van der Waals surface area contributed by atoms with E-state index in [-0.39, 0.29) is 13.2 Å². The first kappa shape index (κ1) is 25.5. The monoisotopic (exact) mass is 422 g/mol. The minimum Gasteiger partial charge on any atom is -0.501 e. The van der Waals surface area contributed by atoms with Crippen LogP contribution in [0.5, 0.6) is 0 Å². The summed E-state index contributed by atoms with van der Waals surface area (Å²) in [7, 11) is -5.60. The van der Waals surface area contributed by atoms with E-state index in [2.05, 4.69) is 45.8 Å². The summed E-state index contributed by atoms with van der Waals surface area (Å²) in [5, 5.41) is 8.68. The maximum atomic E-state index is 11.7. The van der Waals surface area contributed by atoms with Gasteiger partial charge in [-0.2, -0.15) is 0 Å². The van der Waals surface area contributed by atoms with E-state index in [1.165, 1.54) is 6.26 Å². The highest BCUT2D eigenvalue weighted by Gasteiger charge is 2.39. The molecule has 6 nitrogen and oxygen atoms in total. The smallest absolute Gasteiger partial charge is 0.336 e. The summed E-state index contributed by atoms with van der Waals surface area (Å²) < 4.78 is 23.4. The highest BCUT2D eigenvalue weighted by molar-refractivity contribution is 6.87. The average Bonchev–Trinajstić information content (AvgIpc) is 2.42. The normalized spacial score (nSPS) is 13.7. The van der Waals surface area contributed by atoms with Crippen molar-refractivity contribution in [1.82, 2.24) is 0 Å². The topological polar surface area (TPSA) is 74.2 Å². The molecule has 154 valence electrons. The molecule has 9 heteroatoms. The van der Waals surface area contributed by atoms with Crippen molar-refractivity contribution in [3.63, 3.8) is 0 Å². The van der Waals surface area contributed by atoms with E-state index < -0.39 is 31.2 Å². The van der Waals surface area contributed by atoms with E-state index in [0.717, 1.165) is 12.5 Å². The summed E-state index contributed by atoms with van der Waals surface area (Å²) >= 11 is 0. The maximum Gasteiger partial charge on any atom is 0.336 e. The first-order valence-corrected chi connectivity index (χ1v) is 18.6. The predicted octanol–water partition coefficient (Wildman–Crippen LogP) is 4.00. The van der Waals surface area contributed by atoms with Gasteiger partial charge >= 0.3 is 14.5 Å². The number of carbonyl (C=O) groups is 1. The second kappa shape index (κ2) is 11.4. The maximum absolute atomic E-state index is 11.7. The van der Waals surface area contributed by atoms with Crippen molar-refractivity contribution in [2.45, 2.75) is 71.6 Å². The van der Waals surface area contributed by atoms with Gasteiger partial charge in [-0.15, -0.1) is 0 Å². The van der Waals surface area contributed by atoms with Gasteiger partial charge in [0.2, 0.25) is 0 Å². The lowest BCUT2D eigenvalue weighted by Crippen LogP contribution is -2.52. The van der Waals surface area contributed by atoms with Crippen LogP contribution in [0.2, 0.25) is 51.9 Å². The van der Waals surface area contributed by atoms with Crippen LogP contribution in [0.1, 0.15) is 19.8 Å². The lowest BCUT2D eigenvalue weighted by molar-refractivity contribution is -0.139. The van der Waals surface area contributed by atoms with Crippen LogP contribution < -0.4 is 0 Å². The molecule has 0 aromatic heterocycles. The van der Waals surface area contributed by atoms with E-state index in [4.69, 9.17) is 22.8 Å². The Morgan fingerprint density at radius 1 is 0.923 bits per heavy atom. The van der Waals surface area contributed by atoms with Crippen molar-refractivity contribution in [2.24, 2.45) is 0 Å². The number of esters is 1. The molecule has 0 aromatic rings. The molecule has 0 fully saturated rings. The summed E-state index contributed by atoms with van der Waals surface area (Å²) in [5.41, 5.74) is 0.416. The fourth-order valence-electron chi connectivity index (χ4n) is 2.47. The van der Waals surface area contributed by atoms with Gasteiger partial charge in [0.15, 0.2) is 16.6 Å². The number of hydrogen-bond acceptors (Lipinski definition) is 6. The molecule has 0 bridgehead atoms. The molecule has 0 radical (unpaired) electrons. The number of carbonyl (C=O) groups excluding carboxylic acids is 1. The molecule has 0 aliphatic carbocycles.